The van der Waals surface area contributed by atoms with Gasteiger partial charge in [-0.05, 0) is 34.5 Å². The highest BCUT2D eigenvalue weighted by molar-refractivity contribution is 9.10. The smallest absolute Gasteiger partial charge is 0.325 e. The summed E-state index contributed by atoms with van der Waals surface area (Å²) in [6.07, 6.45) is -0.0446. The molecule has 0 aliphatic rings. The first kappa shape index (κ1) is 17.7. The van der Waals surface area contributed by atoms with Gasteiger partial charge in [-0.3, -0.25) is 14.9 Å². The molecule has 0 unspecified atom stereocenters. The highest BCUT2D eigenvalue weighted by Crippen LogP contribution is 2.35. The molecule has 6 nitrogen and oxygen atoms in total. The molecule has 0 bridgehead atoms. The average molecular weight is 398 g/mol. The molecule has 0 spiro atoms. The van der Waals surface area contributed by atoms with Gasteiger partial charge in [-0.1, -0.05) is 23.2 Å². The van der Waals surface area contributed by atoms with Gasteiger partial charge in [0.25, 0.3) is 0 Å². The molecule has 1 aromatic rings. The molecule has 3 amide bonds. The molecule has 0 radical (unpaired) electrons. The first-order valence-corrected chi connectivity index (χ1v) is 7.32. The fraction of sp³-hybridized carbons (Fsp3) is 0.250. The number of imide groups is 1. The molecule has 114 valence electrons. The van der Waals surface area contributed by atoms with Crippen molar-refractivity contribution >= 4 is 62.7 Å². The Balaban J connectivity index is 2.52. The van der Waals surface area contributed by atoms with Crippen LogP contribution < -0.4 is 10.6 Å². The van der Waals surface area contributed by atoms with E-state index in [0.29, 0.717) is 4.47 Å². The number of urea groups is 1. The van der Waals surface area contributed by atoms with Gasteiger partial charge in [-0.15, -0.1) is 0 Å². The van der Waals surface area contributed by atoms with Crippen LogP contribution in [0.4, 0.5) is 10.5 Å². The Labute approximate surface area is 138 Å². The molecule has 0 heterocycles. The zero-order valence-corrected chi connectivity index (χ0v) is 13.7. The Kier molecular flexibility index (Phi) is 6.94. The molecule has 0 saturated carbocycles. The van der Waals surface area contributed by atoms with Crippen LogP contribution in [0.25, 0.3) is 0 Å². The van der Waals surface area contributed by atoms with E-state index in [1.54, 1.807) is 6.07 Å². The third kappa shape index (κ3) is 5.91. The van der Waals surface area contributed by atoms with Gasteiger partial charge < -0.3 is 10.4 Å². The lowest BCUT2D eigenvalue weighted by Gasteiger charge is -2.09. The summed E-state index contributed by atoms with van der Waals surface area (Å²) in [4.78, 5) is 33.3. The van der Waals surface area contributed by atoms with E-state index < -0.39 is 17.9 Å². The zero-order chi connectivity index (χ0) is 16.0. The maximum atomic E-state index is 11.6. The van der Waals surface area contributed by atoms with Crippen LogP contribution in [-0.2, 0) is 9.59 Å². The summed E-state index contributed by atoms with van der Waals surface area (Å²) < 4.78 is 0.574. The number of aliphatic carboxylic acids is 1. The van der Waals surface area contributed by atoms with Crippen LogP contribution in [0.2, 0.25) is 10.0 Å². The number of carbonyl (C=O) groups excluding carboxylic acids is 2. The quantitative estimate of drug-likeness (QED) is 0.660. The van der Waals surface area contributed by atoms with E-state index >= 15 is 0 Å². The predicted octanol–water partition coefficient (Wildman–Crippen LogP) is 3.66. The van der Waals surface area contributed by atoms with Crippen molar-refractivity contribution in [2.24, 2.45) is 0 Å². The number of amides is 3. The summed E-state index contributed by atoms with van der Waals surface area (Å²) in [6.45, 7) is 0. The van der Waals surface area contributed by atoms with Crippen LogP contribution in [0.1, 0.15) is 19.3 Å². The van der Waals surface area contributed by atoms with Gasteiger partial charge in [0.05, 0.1) is 15.7 Å². The molecular formula is C12H11BrCl2N2O4. The largest absolute Gasteiger partial charge is 0.481 e. The van der Waals surface area contributed by atoms with E-state index in [9.17, 15) is 14.4 Å². The Morgan fingerprint density at radius 1 is 1.14 bits per heavy atom. The lowest BCUT2D eigenvalue weighted by molar-refractivity contribution is -0.137. The molecule has 21 heavy (non-hydrogen) atoms. The third-order valence-corrected chi connectivity index (χ3v) is 4.10. The Morgan fingerprint density at radius 3 is 2.43 bits per heavy atom. The number of carbonyl (C=O) groups is 3. The van der Waals surface area contributed by atoms with Crippen LogP contribution in [0.5, 0.6) is 0 Å². The van der Waals surface area contributed by atoms with Crippen molar-refractivity contribution in [2.45, 2.75) is 19.3 Å². The molecule has 0 aliphatic carbocycles. The summed E-state index contributed by atoms with van der Waals surface area (Å²) in [5.41, 5.74) is 0.251. The van der Waals surface area contributed by atoms with E-state index in [2.05, 4.69) is 26.6 Å². The number of carboxylic acids is 1. The van der Waals surface area contributed by atoms with Gasteiger partial charge in [-0.25, -0.2) is 4.79 Å². The van der Waals surface area contributed by atoms with Gasteiger partial charge in [0, 0.05) is 17.3 Å². The van der Waals surface area contributed by atoms with E-state index in [1.165, 1.54) is 6.07 Å². The Morgan fingerprint density at radius 2 is 1.81 bits per heavy atom. The second kappa shape index (κ2) is 8.21. The summed E-state index contributed by atoms with van der Waals surface area (Å²) >= 11 is 15.0. The monoisotopic (exact) mass is 396 g/mol. The fourth-order valence-electron chi connectivity index (χ4n) is 1.37. The van der Waals surface area contributed by atoms with Crippen LogP contribution in [0, 0.1) is 0 Å². The minimum Gasteiger partial charge on any atom is -0.481 e. The lowest BCUT2D eigenvalue weighted by Crippen LogP contribution is -2.34. The Hall–Kier alpha value is -1.31. The summed E-state index contributed by atoms with van der Waals surface area (Å²) in [5, 5.41) is 13.3. The number of hydrogen-bond donors (Lipinski definition) is 3. The predicted molar refractivity (Wildman–Crippen MR) is 82.8 cm³/mol. The van der Waals surface area contributed by atoms with Crippen molar-refractivity contribution in [3.8, 4) is 0 Å². The van der Waals surface area contributed by atoms with E-state index in [-0.39, 0.29) is 35.0 Å². The number of carboxylic acid groups (broad SMARTS) is 1. The lowest BCUT2D eigenvalue weighted by atomic mass is 10.2. The molecule has 0 aromatic heterocycles. The minimum atomic E-state index is -0.997. The van der Waals surface area contributed by atoms with Gasteiger partial charge in [0.15, 0.2) is 0 Å². The topological polar surface area (TPSA) is 95.5 Å². The second-order valence-corrected chi connectivity index (χ2v) is 5.58. The van der Waals surface area contributed by atoms with Crippen molar-refractivity contribution in [1.82, 2.24) is 5.32 Å². The van der Waals surface area contributed by atoms with Crippen LogP contribution in [0.15, 0.2) is 16.6 Å². The molecule has 1 aromatic carbocycles. The van der Waals surface area contributed by atoms with Gasteiger partial charge >= 0.3 is 12.0 Å². The molecule has 0 saturated heterocycles. The Bertz CT molecular complexity index is 581. The fourth-order valence-corrected chi connectivity index (χ4v) is 2.19. The number of benzene rings is 1. The first-order valence-electron chi connectivity index (χ1n) is 5.77. The highest BCUT2D eigenvalue weighted by Gasteiger charge is 2.13. The van der Waals surface area contributed by atoms with Crippen molar-refractivity contribution in [3.05, 3.63) is 26.7 Å². The first-order chi connectivity index (χ1) is 9.81. The number of nitrogens with one attached hydrogen (secondary N) is 2. The summed E-state index contributed by atoms with van der Waals surface area (Å²) in [6, 6.07) is 2.35. The van der Waals surface area contributed by atoms with Crippen LogP contribution in [0.3, 0.4) is 0 Å². The normalized spacial score (nSPS) is 10.0. The SMILES string of the molecule is O=C(O)CCCC(=O)NC(=O)Nc1ccc(Br)c(Cl)c1Cl. The number of rotatable bonds is 5. The maximum absolute atomic E-state index is 11.6. The number of anilines is 1. The molecule has 1 rings (SSSR count). The second-order valence-electron chi connectivity index (χ2n) is 3.97. The van der Waals surface area contributed by atoms with Crippen molar-refractivity contribution < 1.29 is 19.5 Å². The van der Waals surface area contributed by atoms with Crippen LogP contribution >= 0.6 is 39.1 Å². The van der Waals surface area contributed by atoms with E-state index in [0.717, 1.165) is 0 Å². The number of halogens is 3. The third-order valence-electron chi connectivity index (χ3n) is 2.33. The van der Waals surface area contributed by atoms with Gasteiger partial charge in [-0.2, -0.15) is 0 Å². The van der Waals surface area contributed by atoms with Crippen molar-refractivity contribution in [2.75, 3.05) is 5.32 Å². The van der Waals surface area contributed by atoms with Gasteiger partial charge in [0.2, 0.25) is 5.91 Å². The standard InChI is InChI=1S/C12H11BrCl2N2O4/c13-6-4-5-7(11(15)10(6)14)16-12(21)17-8(18)2-1-3-9(19)20/h4-5H,1-3H2,(H,19,20)(H2,16,17,18,21). The number of hydrogen-bond acceptors (Lipinski definition) is 3. The summed E-state index contributed by atoms with van der Waals surface area (Å²) in [7, 11) is 0. The molecule has 0 aliphatic heterocycles. The molecule has 3 N–H and O–H groups in total. The van der Waals surface area contributed by atoms with Crippen molar-refractivity contribution in [1.29, 1.82) is 0 Å². The molecule has 0 atom stereocenters. The zero-order valence-electron chi connectivity index (χ0n) is 10.6. The highest BCUT2D eigenvalue weighted by atomic mass is 79.9. The summed E-state index contributed by atoms with van der Waals surface area (Å²) in [5.74, 6) is -1.57. The van der Waals surface area contributed by atoms with Crippen molar-refractivity contribution in [3.63, 3.8) is 0 Å². The molecule has 0 fully saturated rings. The van der Waals surface area contributed by atoms with E-state index in [1.807, 2.05) is 0 Å². The molecule has 9 heteroatoms. The minimum absolute atomic E-state index is 0.0610. The van der Waals surface area contributed by atoms with E-state index in [4.69, 9.17) is 28.3 Å². The maximum Gasteiger partial charge on any atom is 0.325 e. The van der Waals surface area contributed by atoms with Gasteiger partial charge in [0.1, 0.15) is 0 Å². The van der Waals surface area contributed by atoms with Crippen LogP contribution in [-0.4, -0.2) is 23.0 Å². The average Bonchev–Trinajstić information content (AvgIpc) is 2.39. The molecular weight excluding hydrogens is 387 g/mol.